The number of nitrogens with zero attached hydrogens (tertiary/aromatic N) is 1. The molecule has 1 atom stereocenters. The average Bonchev–Trinajstić information content (AvgIpc) is 2.75. The molecule has 0 aliphatic carbocycles. The lowest BCUT2D eigenvalue weighted by molar-refractivity contribution is 0.707. The lowest BCUT2D eigenvalue weighted by Gasteiger charge is -2.06. The van der Waals surface area contributed by atoms with Crippen LogP contribution in [0.2, 0.25) is 0 Å². The van der Waals surface area contributed by atoms with Gasteiger partial charge in [0.2, 0.25) is 0 Å². The molecule has 15 heavy (non-hydrogen) atoms. The number of halogens is 1. The van der Waals surface area contributed by atoms with Crippen LogP contribution in [0.5, 0.6) is 0 Å². The molecule has 0 amide bonds. The third-order valence-electron chi connectivity index (χ3n) is 2.06. The summed E-state index contributed by atoms with van der Waals surface area (Å²) in [5, 5.41) is 5.20. The van der Waals surface area contributed by atoms with Crippen molar-refractivity contribution >= 4 is 38.6 Å². The van der Waals surface area contributed by atoms with E-state index in [4.69, 9.17) is 5.73 Å². The van der Waals surface area contributed by atoms with Crippen molar-refractivity contribution in [1.29, 1.82) is 0 Å². The molecule has 2 heterocycles. The highest BCUT2D eigenvalue weighted by atomic mass is 79.9. The van der Waals surface area contributed by atoms with Gasteiger partial charge in [-0.05, 0) is 28.9 Å². The molecule has 80 valence electrons. The zero-order valence-electron chi connectivity index (χ0n) is 8.24. The molecule has 0 fully saturated rings. The molecule has 2 rings (SSSR count). The first-order chi connectivity index (χ1) is 7.15. The molecule has 2 nitrogen and oxygen atoms in total. The van der Waals surface area contributed by atoms with Gasteiger partial charge in [-0.3, -0.25) is 0 Å². The average molecular weight is 303 g/mol. The van der Waals surface area contributed by atoms with E-state index in [1.54, 1.807) is 22.7 Å². The van der Waals surface area contributed by atoms with E-state index < -0.39 is 0 Å². The summed E-state index contributed by atoms with van der Waals surface area (Å²) in [6.07, 6.45) is 0.861. The van der Waals surface area contributed by atoms with Gasteiger partial charge >= 0.3 is 0 Å². The van der Waals surface area contributed by atoms with Gasteiger partial charge in [-0.15, -0.1) is 22.7 Å². The number of hydrogen-bond acceptors (Lipinski definition) is 4. The molecular weight excluding hydrogens is 292 g/mol. The number of rotatable bonds is 3. The molecule has 0 bridgehead atoms. The molecule has 0 aliphatic rings. The van der Waals surface area contributed by atoms with Crippen molar-refractivity contribution < 1.29 is 0 Å². The van der Waals surface area contributed by atoms with Crippen molar-refractivity contribution in [3.05, 3.63) is 36.9 Å². The summed E-state index contributed by atoms with van der Waals surface area (Å²) in [4.78, 5) is 5.69. The first-order valence-electron chi connectivity index (χ1n) is 4.55. The Morgan fingerprint density at radius 1 is 1.47 bits per heavy atom. The highest BCUT2D eigenvalue weighted by Crippen LogP contribution is 2.24. The van der Waals surface area contributed by atoms with Crippen molar-refractivity contribution in [2.45, 2.75) is 19.4 Å². The lowest BCUT2D eigenvalue weighted by atomic mass is 10.1. The van der Waals surface area contributed by atoms with Crippen LogP contribution in [-0.4, -0.2) is 4.98 Å². The Hall–Kier alpha value is -0.230. The smallest absolute Gasteiger partial charge is 0.0898 e. The summed E-state index contributed by atoms with van der Waals surface area (Å²) in [5.41, 5.74) is 7.09. The van der Waals surface area contributed by atoms with E-state index in [-0.39, 0.29) is 6.04 Å². The van der Waals surface area contributed by atoms with Gasteiger partial charge in [-0.1, -0.05) is 0 Å². The normalized spacial score (nSPS) is 13.0. The van der Waals surface area contributed by atoms with Gasteiger partial charge in [-0.25, -0.2) is 4.98 Å². The van der Waals surface area contributed by atoms with Crippen molar-refractivity contribution in [2.75, 3.05) is 0 Å². The molecule has 2 aromatic heterocycles. The van der Waals surface area contributed by atoms with Crippen LogP contribution in [0.4, 0.5) is 0 Å². The summed E-state index contributed by atoms with van der Waals surface area (Å²) in [7, 11) is 0. The van der Waals surface area contributed by atoms with Gasteiger partial charge < -0.3 is 5.73 Å². The predicted molar refractivity (Wildman–Crippen MR) is 69.5 cm³/mol. The fourth-order valence-corrected chi connectivity index (χ4v) is 3.52. The minimum absolute atomic E-state index is 0.0144. The van der Waals surface area contributed by atoms with Gasteiger partial charge in [-0.2, -0.15) is 0 Å². The predicted octanol–water partition coefficient (Wildman–Crippen LogP) is 3.52. The SMILES string of the molecule is Cc1nc(C(N)Cc2cc(Br)cs2)cs1. The van der Waals surface area contributed by atoms with Crippen molar-refractivity contribution in [3.63, 3.8) is 0 Å². The Morgan fingerprint density at radius 3 is 2.80 bits per heavy atom. The van der Waals surface area contributed by atoms with Crippen LogP contribution in [-0.2, 0) is 6.42 Å². The second-order valence-electron chi connectivity index (χ2n) is 3.33. The molecule has 0 saturated carbocycles. The van der Waals surface area contributed by atoms with Gasteiger partial charge in [0, 0.05) is 26.5 Å². The Labute approximate surface area is 105 Å². The second-order valence-corrected chi connectivity index (χ2v) is 6.31. The number of nitrogens with two attached hydrogens (primary N) is 1. The van der Waals surface area contributed by atoms with E-state index in [0.29, 0.717) is 0 Å². The van der Waals surface area contributed by atoms with Crippen LogP contribution in [0.25, 0.3) is 0 Å². The first-order valence-corrected chi connectivity index (χ1v) is 7.11. The van der Waals surface area contributed by atoms with E-state index in [1.165, 1.54) is 4.88 Å². The van der Waals surface area contributed by atoms with Gasteiger partial charge in [0.05, 0.1) is 16.7 Å². The van der Waals surface area contributed by atoms with Crippen molar-refractivity contribution in [1.82, 2.24) is 4.98 Å². The molecular formula is C10H11BrN2S2. The Morgan fingerprint density at radius 2 is 2.27 bits per heavy atom. The Balaban J connectivity index is 2.06. The fourth-order valence-electron chi connectivity index (χ4n) is 1.33. The maximum atomic E-state index is 6.09. The largest absolute Gasteiger partial charge is 0.322 e. The van der Waals surface area contributed by atoms with Gasteiger partial charge in [0.25, 0.3) is 0 Å². The summed E-state index contributed by atoms with van der Waals surface area (Å²) < 4.78 is 1.13. The number of hydrogen-bond donors (Lipinski definition) is 1. The monoisotopic (exact) mass is 302 g/mol. The lowest BCUT2D eigenvalue weighted by Crippen LogP contribution is -2.13. The van der Waals surface area contributed by atoms with E-state index in [9.17, 15) is 0 Å². The third kappa shape index (κ3) is 2.87. The Bertz CT molecular complexity index is 450. The van der Waals surface area contributed by atoms with E-state index >= 15 is 0 Å². The molecule has 5 heteroatoms. The quantitative estimate of drug-likeness (QED) is 0.942. The highest BCUT2D eigenvalue weighted by molar-refractivity contribution is 9.10. The van der Waals surface area contributed by atoms with Crippen LogP contribution >= 0.6 is 38.6 Å². The maximum absolute atomic E-state index is 6.09. The molecule has 1 unspecified atom stereocenters. The molecule has 0 aromatic carbocycles. The number of aryl methyl sites for hydroxylation is 1. The summed E-state index contributed by atoms with van der Waals surface area (Å²) >= 11 is 6.82. The molecule has 0 spiro atoms. The molecule has 2 aromatic rings. The summed E-state index contributed by atoms with van der Waals surface area (Å²) in [6.45, 7) is 2.00. The van der Waals surface area contributed by atoms with Gasteiger partial charge in [0.15, 0.2) is 0 Å². The molecule has 2 N–H and O–H groups in total. The van der Waals surface area contributed by atoms with Crippen molar-refractivity contribution in [3.8, 4) is 0 Å². The van der Waals surface area contributed by atoms with Crippen LogP contribution < -0.4 is 5.73 Å². The van der Waals surface area contributed by atoms with E-state index in [1.807, 2.05) is 12.3 Å². The van der Waals surface area contributed by atoms with Crippen LogP contribution in [0, 0.1) is 6.92 Å². The van der Waals surface area contributed by atoms with Gasteiger partial charge in [0.1, 0.15) is 0 Å². The van der Waals surface area contributed by atoms with Crippen LogP contribution in [0.1, 0.15) is 21.6 Å². The minimum Gasteiger partial charge on any atom is -0.322 e. The highest BCUT2D eigenvalue weighted by Gasteiger charge is 2.11. The van der Waals surface area contributed by atoms with Crippen LogP contribution in [0.3, 0.4) is 0 Å². The standard InChI is InChI=1S/C10H11BrN2S2/c1-6-13-10(5-14-6)9(12)3-8-2-7(11)4-15-8/h2,4-5,9H,3,12H2,1H3. The van der Waals surface area contributed by atoms with E-state index in [2.05, 4.69) is 32.4 Å². The fraction of sp³-hybridized carbons (Fsp3) is 0.300. The minimum atomic E-state index is 0.0144. The Kier molecular flexibility index (Phi) is 3.56. The first kappa shape index (κ1) is 11.3. The van der Waals surface area contributed by atoms with Crippen LogP contribution in [0.15, 0.2) is 21.3 Å². The maximum Gasteiger partial charge on any atom is 0.0898 e. The van der Waals surface area contributed by atoms with E-state index in [0.717, 1.165) is 21.6 Å². The summed E-state index contributed by atoms with van der Waals surface area (Å²) in [5.74, 6) is 0. The third-order valence-corrected chi connectivity index (χ3v) is 4.57. The molecule has 0 saturated heterocycles. The number of thiazole rings is 1. The molecule has 0 aliphatic heterocycles. The zero-order chi connectivity index (χ0) is 10.8. The zero-order valence-corrected chi connectivity index (χ0v) is 11.5. The summed E-state index contributed by atoms with van der Waals surface area (Å²) in [6, 6.07) is 2.13. The van der Waals surface area contributed by atoms with Crippen molar-refractivity contribution in [2.24, 2.45) is 5.73 Å². The second kappa shape index (κ2) is 4.74. The number of aromatic nitrogens is 1. The number of thiophene rings is 1. The molecule has 0 radical (unpaired) electrons. The topological polar surface area (TPSA) is 38.9 Å².